The van der Waals surface area contributed by atoms with E-state index in [1.54, 1.807) is 0 Å². The standard InChI is InChI=1S/C55H38N2O/c1-2-18-38(19-3-1)43-24-7-13-33-52(43)57(53-34-14-9-27-46(53)48-29-17-30-49-47-28-10-15-35-54(47)58-55(48)49)41-22-16-21-39(36-41)44-25-6-11-31-50(44)56-37-40-20-4-5-23-42(40)45-26-8-12-32-51(45)56/h1-36H,37H2. The van der Waals surface area contributed by atoms with Crippen LogP contribution in [0.3, 0.4) is 0 Å². The van der Waals surface area contributed by atoms with E-state index < -0.39 is 0 Å². The number of nitrogens with zero attached hydrogens (tertiary/aromatic N) is 2. The van der Waals surface area contributed by atoms with E-state index in [0.717, 1.165) is 73.4 Å². The molecule has 0 saturated heterocycles. The van der Waals surface area contributed by atoms with Crippen molar-refractivity contribution in [2.24, 2.45) is 0 Å². The third-order valence-corrected chi connectivity index (χ3v) is 11.5. The summed E-state index contributed by atoms with van der Waals surface area (Å²) in [4.78, 5) is 4.91. The summed E-state index contributed by atoms with van der Waals surface area (Å²) in [5.41, 5.74) is 18.0. The molecule has 0 bridgehead atoms. The topological polar surface area (TPSA) is 19.6 Å². The summed E-state index contributed by atoms with van der Waals surface area (Å²) in [6.45, 7) is 0.793. The molecule has 1 aliphatic rings. The Morgan fingerprint density at radius 3 is 1.76 bits per heavy atom. The summed E-state index contributed by atoms with van der Waals surface area (Å²) in [6.07, 6.45) is 0. The lowest BCUT2D eigenvalue weighted by Crippen LogP contribution is -2.22. The molecule has 10 aromatic rings. The van der Waals surface area contributed by atoms with Crippen molar-refractivity contribution in [3.05, 3.63) is 224 Å². The second kappa shape index (κ2) is 14.1. The fourth-order valence-electron chi connectivity index (χ4n) is 8.89. The summed E-state index contributed by atoms with van der Waals surface area (Å²) in [7, 11) is 0. The van der Waals surface area contributed by atoms with Gasteiger partial charge in [0.25, 0.3) is 0 Å². The number of hydrogen-bond acceptors (Lipinski definition) is 3. The van der Waals surface area contributed by atoms with E-state index >= 15 is 0 Å². The fraction of sp³-hybridized carbons (Fsp3) is 0.0182. The lowest BCUT2D eigenvalue weighted by atomic mass is 9.92. The fourth-order valence-corrected chi connectivity index (χ4v) is 8.89. The van der Waals surface area contributed by atoms with E-state index in [2.05, 4.69) is 222 Å². The molecule has 274 valence electrons. The van der Waals surface area contributed by atoms with Gasteiger partial charge in [0.1, 0.15) is 11.2 Å². The molecule has 9 aromatic carbocycles. The van der Waals surface area contributed by atoms with Crippen LogP contribution < -0.4 is 9.80 Å². The zero-order chi connectivity index (χ0) is 38.4. The number of para-hydroxylation sites is 6. The molecular weight excluding hydrogens is 705 g/mol. The van der Waals surface area contributed by atoms with Gasteiger partial charge in [0.2, 0.25) is 0 Å². The second-order valence-corrected chi connectivity index (χ2v) is 14.8. The van der Waals surface area contributed by atoms with Crippen LogP contribution >= 0.6 is 0 Å². The molecule has 0 spiro atoms. The summed E-state index contributed by atoms with van der Waals surface area (Å²) < 4.78 is 6.65. The zero-order valence-corrected chi connectivity index (χ0v) is 31.8. The van der Waals surface area contributed by atoms with Crippen molar-refractivity contribution in [1.29, 1.82) is 0 Å². The third-order valence-electron chi connectivity index (χ3n) is 11.5. The van der Waals surface area contributed by atoms with E-state index in [0.29, 0.717) is 0 Å². The first-order valence-corrected chi connectivity index (χ1v) is 19.9. The summed E-state index contributed by atoms with van der Waals surface area (Å²) in [5, 5.41) is 2.23. The van der Waals surface area contributed by atoms with E-state index in [-0.39, 0.29) is 0 Å². The van der Waals surface area contributed by atoms with Crippen molar-refractivity contribution in [2.45, 2.75) is 6.54 Å². The molecule has 1 aliphatic heterocycles. The first-order valence-electron chi connectivity index (χ1n) is 19.9. The molecule has 0 fully saturated rings. The largest absolute Gasteiger partial charge is 0.455 e. The normalized spacial score (nSPS) is 12.0. The Balaban J connectivity index is 1.11. The maximum atomic E-state index is 6.65. The Labute approximate surface area is 338 Å². The Hall–Kier alpha value is -7.62. The van der Waals surface area contributed by atoms with Crippen molar-refractivity contribution in [3.8, 4) is 44.5 Å². The summed E-state index contributed by atoms with van der Waals surface area (Å²) in [5.74, 6) is 0. The molecule has 0 radical (unpaired) electrons. The minimum absolute atomic E-state index is 0.793. The van der Waals surface area contributed by atoms with Gasteiger partial charge >= 0.3 is 0 Å². The zero-order valence-electron chi connectivity index (χ0n) is 31.8. The third kappa shape index (κ3) is 5.67. The predicted molar refractivity (Wildman–Crippen MR) is 242 cm³/mol. The minimum Gasteiger partial charge on any atom is -0.455 e. The molecule has 0 unspecified atom stereocenters. The highest BCUT2D eigenvalue weighted by atomic mass is 16.3. The minimum atomic E-state index is 0.793. The quantitative estimate of drug-likeness (QED) is 0.162. The van der Waals surface area contributed by atoms with Crippen LogP contribution in [0.1, 0.15) is 5.56 Å². The average Bonchev–Trinajstić information content (AvgIpc) is 3.69. The Morgan fingerprint density at radius 1 is 0.379 bits per heavy atom. The first-order chi connectivity index (χ1) is 28.8. The van der Waals surface area contributed by atoms with Crippen LogP contribution in [-0.2, 0) is 6.54 Å². The van der Waals surface area contributed by atoms with E-state index in [4.69, 9.17) is 4.42 Å². The molecular formula is C55H38N2O. The predicted octanol–water partition coefficient (Wildman–Crippen LogP) is 15.4. The molecule has 1 aromatic heterocycles. The number of anilines is 5. The molecule has 0 aliphatic carbocycles. The van der Waals surface area contributed by atoms with Crippen molar-refractivity contribution in [2.75, 3.05) is 9.80 Å². The Morgan fingerprint density at radius 2 is 0.931 bits per heavy atom. The molecule has 0 N–H and O–H groups in total. The van der Waals surface area contributed by atoms with E-state index in [1.165, 1.54) is 33.6 Å². The highest BCUT2D eigenvalue weighted by Gasteiger charge is 2.26. The molecule has 58 heavy (non-hydrogen) atoms. The monoisotopic (exact) mass is 742 g/mol. The van der Waals surface area contributed by atoms with Crippen molar-refractivity contribution in [3.63, 3.8) is 0 Å². The maximum Gasteiger partial charge on any atom is 0.143 e. The van der Waals surface area contributed by atoms with Gasteiger partial charge in [-0.15, -0.1) is 0 Å². The van der Waals surface area contributed by atoms with E-state index in [1.807, 2.05) is 6.07 Å². The average molecular weight is 743 g/mol. The number of fused-ring (bicyclic) bond motifs is 6. The van der Waals surface area contributed by atoms with Crippen LogP contribution in [0.25, 0.3) is 66.4 Å². The van der Waals surface area contributed by atoms with Crippen LogP contribution in [0, 0.1) is 0 Å². The SMILES string of the molecule is c1ccc(-c2ccccc2N(c2cccc(-c3ccccc3N3Cc4ccccc4-c4ccccc43)c2)c2ccccc2-c2cccc3c2oc2ccccc23)cc1. The summed E-state index contributed by atoms with van der Waals surface area (Å²) in [6, 6.07) is 78.4. The van der Waals surface area contributed by atoms with Crippen LogP contribution in [0.4, 0.5) is 28.4 Å². The first kappa shape index (κ1) is 33.7. The highest BCUT2D eigenvalue weighted by molar-refractivity contribution is 6.11. The van der Waals surface area contributed by atoms with E-state index in [9.17, 15) is 0 Å². The molecule has 0 saturated carbocycles. The number of furan rings is 1. The van der Waals surface area contributed by atoms with Gasteiger partial charge in [-0.2, -0.15) is 0 Å². The maximum absolute atomic E-state index is 6.65. The highest BCUT2D eigenvalue weighted by Crippen LogP contribution is 2.49. The van der Waals surface area contributed by atoms with Crippen LogP contribution in [-0.4, -0.2) is 0 Å². The Bertz CT molecular complexity index is 3120. The van der Waals surface area contributed by atoms with Gasteiger partial charge in [0.15, 0.2) is 0 Å². The van der Waals surface area contributed by atoms with Crippen LogP contribution in [0.2, 0.25) is 0 Å². The lowest BCUT2D eigenvalue weighted by molar-refractivity contribution is 0.670. The Kier molecular flexibility index (Phi) is 8.22. The van der Waals surface area contributed by atoms with Crippen molar-refractivity contribution < 1.29 is 4.42 Å². The second-order valence-electron chi connectivity index (χ2n) is 14.8. The molecule has 11 rings (SSSR count). The molecule has 3 nitrogen and oxygen atoms in total. The lowest BCUT2D eigenvalue weighted by Gasteiger charge is -2.34. The summed E-state index contributed by atoms with van der Waals surface area (Å²) >= 11 is 0. The number of hydrogen-bond donors (Lipinski definition) is 0. The number of rotatable bonds is 7. The molecule has 2 heterocycles. The van der Waals surface area contributed by atoms with Crippen molar-refractivity contribution >= 4 is 50.4 Å². The molecule has 0 amide bonds. The van der Waals surface area contributed by atoms with Crippen LogP contribution in [0.5, 0.6) is 0 Å². The van der Waals surface area contributed by atoms with Gasteiger partial charge in [-0.05, 0) is 64.7 Å². The van der Waals surface area contributed by atoms with Gasteiger partial charge < -0.3 is 14.2 Å². The smallest absolute Gasteiger partial charge is 0.143 e. The van der Waals surface area contributed by atoms with Gasteiger partial charge in [0, 0.05) is 62.2 Å². The van der Waals surface area contributed by atoms with Gasteiger partial charge in [-0.3, -0.25) is 0 Å². The molecule has 3 heteroatoms. The van der Waals surface area contributed by atoms with Gasteiger partial charge in [-0.25, -0.2) is 0 Å². The van der Waals surface area contributed by atoms with Crippen LogP contribution in [0.15, 0.2) is 223 Å². The number of benzene rings is 9. The van der Waals surface area contributed by atoms with Gasteiger partial charge in [-0.1, -0.05) is 176 Å². The van der Waals surface area contributed by atoms with Crippen molar-refractivity contribution in [1.82, 2.24) is 0 Å². The molecule has 0 atom stereocenters. The van der Waals surface area contributed by atoms with Gasteiger partial charge in [0.05, 0.1) is 11.4 Å².